The second-order valence-electron chi connectivity index (χ2n) is 5.95. The van der Waals surface area contributed by atoms with Gasteiger partial charge in [-0.15, -0.1) is 12.4 Å². The molecule has 1 saturated carbocycles. The molecule has 1 amide bonds. The Labute approximate surface area is 133 Å². The van der Waals surface area contributed by atoms with E-state index in [1.54, 1.807) is 0 Å². The van der Waals surface area contributed by atoms with Crippen molar-refractivity contribution >= 4 is 18.3 Å². The number of carbonyl (C=O) groups excluding carboxylic acids is 1. The molecule has 0 aromatic rings. The smallest absolute Gasteiger partial charge is 0.221 e. The first-order valence-corrected chi connectivity index (χ1v) is 7.95. The summed E-state index contributed by atoms with van der Waals surface area (Å²) in [6.45, 7) is 5.69. The zero-order valence-corrected chi connectivity index (χ0v) is 13.8. The van der Waals surface area contributed by atoms with E-state index in [1.807, 2.05) is 0 Å². The molecule has 1 aliphatic heterocycles. The average Bonchev–Trinajstić information content (AvgIpc) is 2.46. The fourth-order valence-corrected chi connectivity index (χ4v) is 2.98. The number of ether oxygens (including phenoxy) is 2. The van der Waals surface area contributed by atoms with Gasteiger partial charge in [0, 0.05) is 25.6 Å². The first-order chi connectivity index (χ1) is 9.75. The predicted molar refractivity (Wildman–Crippen MR) is 84.9 cm³/mol. The monoisotopic (exact) mass is 320 g/mol. The van der Waals surface area contributed by atoms with Gasteiger partial charge in [0.25, 0.3) is 0 Å². The highest BCUT2D eigenvalue weighted by atomic mass is 35.5. The Morgan fingerprint density at radius 1 is 1.38 bits per heavy atom. The highest BCUT2D eigenvalue weighted by Gasteiger charge is 2.21. The largest absolute Gasteiger partial charge is 0.378 e. The van der Waals surface area contributed by atoms with Gasteiger partial charge in [-0.05, 0) is 18.8 Å². The lowest BCUT2D eigenvalue weighted by Gasteiger charge is -2.28. The second-order valence-corrected chi connectivity index (χ2v) is 5.95. The molecule has 2 N–H and O–H groups in total. The Morgan fingerprint density at radius 2 is 2.19 bits per heavy atom. The summed E-state index contributed by atoms with van der Waals surface area (Å²) < 4.78 is 11.2. The van der Waals surface area contributed by atoms with Crippen LogP contribution >= 0.6 is 12.4 Å². The standard InChI is InChI=1S/C15H28N2O3.ClH/c1-12-4-2-3-5-14(12)20-9-7-17-15(18)10-13-11-19-8-6-16-13;/h12-14,16H,2-11H2,1H3,(H,17,18);1H. The molecule has 2 rings (SSSR count). The quantitative estimate of drug-likeness (QED) is 0.728. The zero-order chi connectivity index (χ0) is 14.2. The molecular formula is C15H29ClN2O3. The van der Waals surface area contributed by atoms with Crippen LogP contribution in [-0.2, 0) is 14.3 Å². The van der Waals surface area contributed by atoms with Crippen molar-refractivity contribution in [1.29, 1.82) is 0 Å². The van der Waals surface area contributed by atoms with Crippen molar-refractivity contribution in [2.75, 3.05) is 32.9 Å². The van der Waals surface area contributed by atoms with E-state index in [-0.39, 0.29) is 24.4 Å². The summed E-state index contributed by atoms with van der Waals surface area (Å²) in [5.74, 6) is 0.733. The number of hydrogen-bond acceptors (Lipinski definition) is 4. The van der Waals surface area contributed by atoms with Crippen molar-refractivity contribution < 1.29 is 14.3 Å². The van der Waals surface area contributed by atoms with Crippen molar-refractivity contribution in [3.8, 4) is 0 Å². The topological polar surface area (TPSA) is 59.6 Å². The van der Waals surface area contributed by atoms with Crippen LogP contribution in [0.5, 0.6) is 0 Å². The number of morpholine rings is 1. The summed E-state index contributed by atoms with van der Waals surface area (Å²) in [5, 5.41) is 6.21. The molecule has 2 fully saturated rings. The molecule has 3 atom stereocenters. The molecule has 0 bridgehead atoms. The van der Waals surface area contributed by atoms with E-state index in [0.717, 1.165) is 13.2 Å². The van der Waals surface area contributed by atoms with Crippen LogP contribution in [0, 0.1) is 5.92 Å². The number of carbonyl (C=O) groups is 1. The Morgan fingerprint density at radius 3 is 2.90 bits per heavy atom. The molecular weight excluding hydrogens is 292 g/mol. The van der Waals surface area contributed by atoms with E-state index in [2.05, 4.69) is 17.6 Å². The van der Waals surface area contributed by atoms with Crippen LogP contribution in [0.3, 0.4) is 0 Å². The Kier molecular flexibility index (Phi) is 9.24. The van der Waals surface area contributed by atoms with Crippen molar-refractivity contribution in [2.45, 2.75) is 51.2 Å². The number of nitrogens with one attached hydrogen (secondary N) is 2. The maximum absolute atomic E-state index is 11.8. The summed E-state index contributed by atoms with van der Waals surface area (Å²) in [7, 11) is 0. The highest BCUT2D eigenvalue weighted by Crippen LogP contribution is 2.25. The van der Waals surface area contributed by atoms with Gasteiger partial charge in [0.2, 0.25) is 5.91 Å². The van der Waals surface area contributed by atoms with Crippen LogP contribution in [0.15, 0.2) is 0 Å². The second kappa shape index (κ2) is 10.4. The molecule has 0 aromatic carbocycles. The fourth-order valence-electron chi connectivity index (χ4n) is 2.98. The fraction of sp³-hybridized carbons (Fsp3) is 0.933. The summed E-state index contributed by atoms with van der Waals surface area (Å²) in [4.78, 5) is 11.8. The average molecular weight is 321 g/mol. The first-order valence-electron chi connectivity index (χ1n) is 7.95. The lowest BCUT2D eigenvalue weighted by atomic mass is 9.88. The Balaban J connectivity index is 0.00000220. The van der Waals surface area contributed by atoms with Gasteiger partial charge < -0.3 is 20.1 Å². The lowest BCUT2D eigenvalue weighted by molar-refractivity contribution is -0.122. The van der Waals surface area contributed by atoms with Gasteiger partial charge in [-0.1, -0.05) is 19.8 Å². The van der Waals surface area contributed by atoms with Crippen molar-refractivity contribution in [3.05, 3.63) is 0 Å². The molecule has 0 spiro atoms. The van der Waals surface area contributed by atoms with Crippen molar-refractivity contribution in [1.82, 2.24) is 10.6 Å². The van der Waals surface area contributed by atoms with E-state index in [1.165, 1.54) is 25.7 Å². The lowest BCUT2D eigenvalue weighted by Crippen LogP contribution is -2.44. The van der Waals surface area contributed by atoms with Gasteiger partial charge in [-0.25, -0.2) is 0 Å². The van der Waals surface area contributed by atoms with Crippen LogP contribution in [0.2, 0.25) is 0 Å². The number of halogens is 1. The van der Waals surface area contributed by atoms with Gasteiger partial charge in [0.05, 0.1) is 25.9 Å². The van der Waals surface area contributed by atoms with Gasteiger partial charge in [0.15, 0.2) is 0 Å². The van der Waals surface area contributed by atoms with Crippen LogP contribution in [0.4, 0.5) is 0 Å². The number of rotatable bonds is 6. The highest BCUT2D eigenvalue weighted by molar-refractivity contribution is 5.85. The number of amides is 1. The normalized spacial score (nSPS) is 29.5. The summed E-state index contributed by atoms with van der Waals surface area (Å²) in [6.07, 6.45) is 5.90. The van der Waals surface area contributed by atoms with Gasteiger partial charge in [-0.3, -0.25) is 4.79 Å². The predicted octanol–water partition coefficient (Wildman–Crippen LogP) is 1.50. The summed E-state index contributed by atoms with van der Waals surface area (Å²) in [5.41, 5.74) is 0. The summed E-state index contributed by atoms with van der Waals surface area (Å²) in [6, 6.07) is 0.156. The third-order valence-electron chi connectivity index (χ3n) is 4.22. The molecule has 21 heavy (non-hydrogen) atoms. The van der Waals surface area contributed by atoms with Gasteiger partial charge in [-0.2, -0.15) is 0 Å². The van der Waals surface area contributed by atoms with Crippen molar-refractivity contribution in [2.24, 2.45) is 5.92 Å². The Bertz CT molecular complexity index is 299. The maximum atomic E-state index is 11.8. The molecule has 0 aromatic heterocycles. The minimum Gasteiger partial charge on any atom is -0.378 e. The third-order valence-corrected chi connectivity index (χ3v) is 4.22. The molecule has 3 unspecified atom stereocenters. The van der Waals surface area contributed by atoms with Gasteiger partial charge >= 0.3 is 0 Å². The van der Waals surface area contributed by atoms with Crippen LogP contribution in [0.25, 0.3) is 0 Å². The first kappa shape index (κ1) is 18.7. The van der Waals surface area contributed by atoms with Crippen LogP contribution < -0.4 is 10.6 Å². The molecule has 0 radical (unpaired) electrons. The van der Waals surface area contributed by atoms with E-state index in [9.17, 15) is 4.79 Å². The molecule has 2 aliphatic rings. The van der Waals surface area contributed by atoms with E-state index in [0.29, 0.717) is 38.2 Å². The minimum absolute atomic E-state index is 0. The van der Waals surface area contributed by atoms with Crippen LogP contribution in [0.1, 0.15) is 39.0 Å². The summed E-state index contributed by atoms with van der Waals surface area (Å²) >= 11 is 0. The Hall–Kier alpha value is -0.360. The SMILES string of the molecule is CC1CCCCC1OCCNC(=O)CC1COCCN1.Cl. The molecule has 5 nitrogen and oxygen atoms in total. The van der Waals surface area contributed by atoms with E-state index < -0.39 is 0 Å². The van der Waals surface area contributed by atoms with Gasteiger partial charge in [0.1, 0.15) is 0 Å². The van der Waals surface area contributed by atoms with Crippen molar-refractivity contribution in [3.63, 3.8) is 0 Å². The molecule has 1 heterocycles. The third kappa shape index (κ3) is 6.96. The molecule has 1 saturated heterocycles. The zero-order valence-electron chi connectivity index (χ0n) is 12.9. The maximum Gasteiger partial charge on any atom is 0.221 e. The van der Waals surface area contributed by atoms with Crippen LogP contribution in [-0.4, -0.2) is 51.0 Å². The van der Waals surface area contributed by atoms with E-state index >= 15 is 0 Å². The minimum atomic E-state index is 0. The molecule has 6 heteroatoms. The molecule has 1 aliphatic carbocycles. The number of hydrogen-bond donors (Lipinski definition) is 2. The molecule has 124 valence electrons. The van der Waals surface area contributed by atoms with E-state index in [4.69, 9.17) is 9.47 Å².